The first-order valence-electron chi connectivity index (χ1n) is 5.33. The van der Waals surface area contributed by atoms with E-state index in [0.29, 0.717) is 12.2 Å². The highest BCUT2D eigenvalue weighted by Gasteiger charge is 2.16. The van der Waals surface area contributed by atoms with Crippen molar-refractivity contribution in [2.75, 3.05) is 5.75 Å². The molecule has 1 atom stereocenters. The summed E-state index contributed by atoms with van der Waals surface area (Å²) in [4.78, 5) is 24.8. The van der Waals surface area contributed by atoms with E-state index in [-0.39, 0.29) is 5.78 Å². The number of Topliss-reactive ketones (excluding diaryl/α,β-unsaturated/α-hetero) is 1. The first-order valence-corrected chi connectivity index (χ1v) is 6.69. The number of carbonyl (C=O) groups is 2. The van der Waals surface area contributed by atoms with Crippen LogP contribution in [0.4, 0.5) is 0 Å². The molecule has 1 rings (SSSR count). The van der Waals surface area contributed by atoms with E-state index in [1.165, 1.54) is 11.8 Å². The molecule has 0 aromatic heterocycles. The minimum absolute atomic E-state index is 0.126. The highest BCUT2D eigenvalue weighted by molar-refractivity contribution is 8.00. The van der Waals surface area contributed by atoms with Crippen LogP contribution in [0.5, 0.6) is 0 Å². The highest BCUT2D eigenvalue weighted by atomic mass is 35.5. The molecule has 0 aliphatic heterocycles. The van der Waals surface area contributed by atoms with Crippen LogP contribution in [0.2, 0.25) is 0 Å². The Morgan fingerprint density at radius 2 is 2.00 bits per heavy atom. The Morgan fingerprint density at radius 1 is 1.39 bits per heavy atom. The number of hydrogen-bond donors (Lipinski definition) is 2. The number of ketones is 1. The molecule has 0 aliphatic rings. The van der Waals surface area contributed by atoms with E-state index in [0.717, 1.165) is 10.5 Å². The van der Waals surface area contributed by atoms with Crippen LogP contribution >= 0.6 is 23.5 Å². The number of carboxylic acids is 1. The summed E-state index contributed by atoms with van der Waals surface area (Å²) >= 11 is 6.82. The molecule has 0 fully saturated rings. The van der Waals surface area contributed by atoms with Gasteiger partial charge in [-0.15, -0.1) is 11.8 Å². The molecule has 4 nitrogen and oxygen atoms in total. The third-order valence-corrected chi connectivity index (χ3v) is 3.65. The van der Waals surface area contributed by atoms with Crippen LogP contribution < -0.4 is 4.84 Å². The van der Waals surface area contributed by atoms with Gasteiger partial charge in [0.25, 0.3) is 0 Å². The largest absolute Gasteiger partial charge is 0.480 e. The van der Waals surface area contributed by atoms with Crippen molar-refractivity contribution >= 4 is 35.3 Å². The van der Waals surface area contributed by atoms with E-state index in [1.807, 2.05) is 24.3 Å². The summed E-state index contributed by atoms with van der Waals surface area (Å²) in [6.07, 6.45) is 0.316. The number of carboxylic acid groups (broad SMARTS) is 1. The fraction of sp³-hybridized carbons (Fsp3) is 0.333. The zero-order valence-electron chi connectivity index (χ0n) is 9.85. The second kappa shape index (κ2) is 7.41. The summed E-state index contributed by atoms with van der Waals surface area (Å²) in [5.41, 5.74) is 0.878. The summed E-state index contributed by atoms with van der Waals surface area (Å²) < 4.78 is 0. The monoisotopic (exact) mass is 287 g/mol. The Balaban J connectivity index is 2.59. The fourth-order valence-electron chi connectivity index (χ4n) is 1.31. The predicted octanol–water partition coefficient (Wildman–Crippen LogP) is 2.11. The maximum absolute atomic E-state index is 10.8. The van der Waals surface area contributed by atoms with E-state index >= 15 is 0 Å². The molecule has 18 heavy (non-hydrogen) atoms. The second-order valence-corrected chi connectivity index (χ2v) is 5.11. The number of rotatable bonds is 7. The molecular weight excluding hydrogens is 274 g/mol. The van der Waals surface area contributed by atoms with Gasteiger partial charge < -0.3 is 5.11 Å². The quantitative estimate of drug-likeness (QED) is 0.594. The number of thioether (sulfide) groups is 1. The van der Waals surface area contributed by atoms with Gasteiger partial charge >= 0.3 is 5.97 Å². The molecule has 6 heteroatoms. The van der Waals surface area contributed by atoms with Crippen molar-refractivity contribution in [3.05, 3.63) is 29.8 Å². The van der Waals surface area contributed by atoms with Crippen LogP contribution in [0.1, 0.15) is 12.5 Å². The second-order valence-electron chi connectivity index (χ2n) is 3.84. The molecule has 0 spiro atoms. The van der Waals surface area contributed by atoms with Crippen LogP contribution in [-0.4, -0.2) is 28.7 Å². The molecule has 1 unspecified atom stereocenters. The highest BCUT2D eigenvalue weighted by Crippen LogP contribution is 2.19. The summed E-state index contributed by atoms with van der Waals surface area (Å²) in [6, 6.07) is 6.62. The SMILES string of the molecule is CC(=O)CSc1ccc(CC(NCl)C(=O)O)cc1. The Morgan fingerprint density at radius 3 is 2.44 bits per heavy atom. The van der Waals surface area contributed by atoms with Crippen molar-refractivity contribution < 1.29 is 14.7 Å². The summed E-state index contributed by atoms with van der Waals surface area (Å²) in [5.74, 6) is -0.415. The first-order chi connectivity index (χ1) is 8.52. The van der Waals surface area contributed by atoms with Gasteiger partial charge in [0.1, 0.15) is 11.8 Å². The molecule has 0 aliphatic carbocycles. The van der Waals surface area contributed by atoms with Crippen molar-refractivity contribution in [3.63, 3.8) is 0 Å². The molecule has 1 aromatic carbocycles. The molecule has 1 aromatic rings. The van der Waals surface area contributed by atoms with Crippen molar-refractivity contribution in [3.8, 4) is 0 Å². The lowest BCUT2D eigenvalue weighted by molar-refractivity contribution is -0.138. The lowest BCUT2D eigenvalue weighted by Gasteiger charge is -2.09. The van der Waals surface area contributed by atoms with E-state index in [9.17, 15) is 9.59 Å². The van der Waals surface area contributed by atoms with Gasteiger partial charge in [0.05, 0.1) is 5.75 Å². The Bertz CT molecular complexity index is 422. The molecule has 0 saturated carbocycles. The lowest BCUT2D eigenvalue weighted by Crippen LogP contribution is -2.32. The standard InChI is InChI=1S/C12H14ClNO3S/c1-8(15)7-18-10-4-2-9(3-5-10)6-11(14-13)12(16)17/h2-5,11,14H,6-7H2,1H3,(H,16,17). The van der Waals surface area contributed by atoms with Crippen molar-refractivity contribution in [2.45, 2.75) is 24.3 Å². The van der Waals surface area contributed by atoms with Gasteiger partial charge in [0.15, 0.2) is 0 Å². The van der Waals surface area contributed by atoms with Crippen molar-refractivity contribution in [1.82, 2.24) is 4.84 Å². The molecule has 0 amide bonds. The van der Waals surface area contributed by atoms with Gasteiger partial charge in [-0.1, -0.05) is 12.1 Å². The zero-order valence-corrected chi connectivity index (χ0v) is 11.4. The first kappa shape index (κ1) is 15.0. The Kier molecular flexibility index (Phi) is 6.18. The van der Waals surface area contributed by atoms with E-state index in [1.54, 1.807) is 6.92 Å². The molecule has 0 radical (unpaired) electrons. The minimum Gasteiger partial charge on any atom is -0.480 e. The third kappa shape index (κ3) is 5.08. The molecule has 0 bridgehead atoms. The number of benzene rings is 1. The van der Waals surface area contributed by atoms with Gasteiger partial charge in [-0.05, 0) is 42.8 Å². The smallest absolute Gasteiger partial charge is 0.322 e. The van der Waals surface area contributed by atoms with E-state index in [4.69, 9.17) is 16.9 Å². The normalized spacial score (nSPS) is 12.1. The average molecular weight is 288 g/mol. The maximum Gasteiger partial charge on any atom is 0.322 e. The number of nitrogens with one attached hydrogen (secondary N) is 1. The summed E-state index contributed by atoms with van der Waals surface area (Å²) in [5, 5.41) is 8.85. The lowest BCUT2D eigenvalue weighted by atomic mass is 10.1. The van der Waals surface area contributed by atoms with Crippen LogP contribution in [-0.2, 0) is 16.0 Å². The van der Waals surface area contributed by atoms with Crippen molar-refractivity contribution in [2.24, 2.45) is 0 Å². The van der Waals surface area contributed by atoms with Gasteiger partial charge in [-0.3, -0.25) is 9.59 Å². The average Bonchev–Trinajstić information content (AvgIpc) is 2.34. The van der Waals surface area contributed by atoms with Crippen molar-refractivity contribution in [1.29, 1.82) is 0 Å². The van der Waals surface area contributed by atoms with Crippen LogP contribution in [0.25, 0.3) is 0 Å². The van der Waals surface area contributed by atoms with Gasteiger partial charge in [0, 0.05) is 4.90 Å². The molecule has 2 N–H and O–H groups in total. The van der Waals surface area contributed by atoms with Gasteiger partial charge in [-0.25, -0.2) is 4.84 Å². The number of carbonyl (C=O) groups excluding carboxylic acids is 1. The molecule has 0 heterocycles. The van der Waals surface area contributed by atoms with Gasteiger partial charge in [0.2, 0.25) is 0 Å². The maximum atomic E-state index is 10.8. The van der Waals surface area contributed by atoms with Crippen LogP contribution in [0.15, 0.2) is 29.2 Å². The molecular formula is C12H14ClNO3S. The predicted molar refractivity (Wildman–Crippen MR) is 72.0 cm³/mol. The summed E-state index contributed by atoms with van der Waals surface area (Å²) in [6.45, 7) is 1.55. The van der Waals surface area contributed by atoms with E-state index in [2.05, 4.69) is 4.84 Å². The van der Waals surface area contributed by atoms with Gasteiger partial charge in [-0.2, -0.15) is 0 Å². The number of aliphatic carboxylic acids is 1. The minimum atomic E-state index is -0.986. The Hall–Kier alpha value is -1.04. The number of hydrogen-bond acceptors (Lipinski definition) is 4. The van der Waals surface area contributed by atoms with E-state index < -0.39 is 12.0 Å². The number of halogens is 1. The molecule has 98 valence electrons. The fourth-order valence-corrected chi connectivity index (χ4v) is 2.18. The Labute approximate surface area is 115 Å². The molecule has 0 saturated heterocycles. The summed E-state index contributed by atoms with van der Waals surface area (Å²) in [7, 11) is 0. The van der Waals surface area contributed by atoms with Crippen LogP contribution in [0.3, 0.4) is 0 Å². The van der Waals surface area contributed by atoms with Crippen LogP contribution in [0, 0.1) is 0 Å². The zero-order chi connectivity index (χ0) is 13.5. The topological polar surface area (TPSA) is 66.4 Å². The third-order valence-electron chi connectivity index (χ3n) is 2.24.